The number of alkyl halides is 3. The minimum atomic E-state index is -5.44. The molecule has 8 heteroatoms. The normalized spacial score (nSPS) is 12.9. The van der Waals surface area contributed by atoms with Crippen LogP contribution >= 0.6 is 0 Å². The zero-order chi connectivity index (χ0) is 12.7. The van der Waals surface area contributed by atoms with Gasteiger partial charge in [-0.15, -0.1) is 10.2 Å². The van der Waals surface area contributed by atoms with E-state index in [0.717, 1.165) is 6.07 Å². The second-order valence-electron chi connectivity index (χ2n) is 3.19. The summed E-state index contributed by atoms with van der Waals surface area (Å²) in [6.07, 6.45) is 0. The molecule has 0 saturated carbocycles. The summed E-state index contributed by atoms with van der Waals surface area (Å²) in [5.74, 6) is 0. The summed E-state index contributed by atoms with van der Waals surface area (Å²) in [6.45, 7) is 0. The van der Waals surface area contributed by atoms with Crippen LogP contribution < -0.4 is 0 Å². The number of aromatic nitrogens is 2. The second kappa shape index (κ2) is 3.66. The van der Waals surface area contributed by atoms with Crippen LogP contribution in [0.1, 0.15) is 0 Å². The molecule has 0 N–H and O–H groups in total. The van der Waals surface area contributed by atoms with E-state index >= 15 is 0 Å². The lowest BCUT2D eigenvalue weighted by molar-refractivity contribution is -0.0438. The predicted molar refractivity (Wildman–Crippen MR) is 52.8 cm³/mol. The number of sulfone groups is 1. The molecule has 0 aliphatic rings. The highest BCUT2D eigenvalue weighted by Gasteiger charge is 2.48. The van der Waals surface area contributed by atoms with E-state index < -0.39 is 20.4 Å². The summed E-state index contributed by atoms with van der Waals surface area (Å²) >= 11 is 0. The Balaban J connectivity index is 2.66. The number of halogens is 3. The van der Waals surface area contributed by atoms with Gasteiger partial charge in [0.2, 0.25) is 0 Å². The van der Waals surface area contributed by atoms with Crippen molar-refractivity contribution in [2.24, 2.45) is 0 Å². The minimum absolute atomic E-state index is 0.283. The Bertz CT molecular complexity index is 667. The molecule has 0 radical (unpaired) electrons. The van der Waals surface area contributed by atoms with Crippen LogP contribution in [0.25, 0.3) is 10.9 Å². The third kappa shape index (κ3) is 1.95. The monoisotopic (exact) mass is 262 g/mol. The van der Waals surface area contributed by atoms with Gasteiger partial charge in [-0.25, -0.2) is 8.42 Å². The maximum Gasteiger partial charge on any atom is 0.503 e. The van der Waals surface area contributed by atoms with E-state index in [1.165, 1.54) is 12.1 Å². The highest BCUT2D eigenvalue weighted by molar-refractivity contribution is 7.92. The van der Waals surface area contributed by atoms with E-state index in [2.05, 4.69) is 10.2 Å². The van der Waals surface area contributed by atoms with Crippen LogP contribution in [-0.4, -0.2) is 24.1 Å². The van der Waals surface area contributed by atoms with Crippen molar-refractivity contribution < 1.29 is 21.6 Å². The molecule has 0 spiro atoms. The third-order valence-corrected chi connectivity index (χ3v) is 3.41. The fourth-order valence-corrected chi connectivity index (χ4v) is 1.88. The zero-order valence-corrected chi connectivity index (χ0v) is 8.96. The Labute approximate surface area is 94.0 Å². The Morgan fingerprint density at radius 1 is 1.06 bits per heavy atom. The van der Waals surface area contributed by atoms with E-state index in [-0.39, 0.29) is 5.39 Å². The van der Waals surface area contributed by atoms with Gasteiger partial charge < -0.3 is 0 Å². The molecule has 1 aromatic carbocycles. The van der Waals surface area contributed by atoms with Gasteiger partial charge in [-0.1, -0.05) is 18.2 Å². The molecule has 2 aromatic rings. The molecule has 1 aromatic heterocycles. The van der Waals surface area contributed by atoms with E-state index in [1.807, 2.05) is 0 Å². The standard InChI is InChI=1S/C9H5F3N2O2S/c10-9(11,12)17(15,16)8-5-6-3-1-2-4-7(6)13-14-8/h1-5H. The van der Waals surface area contributed by atoms with Crippen molar-refractivity contribution in [3.05, 3.63) is 30.3 Å². The lowest BCUT2D eigenvalue weighted by Crippen LogP contribution is -2.24. The first-order valence-corrected chi connectivity index (χ1v) is 5.84. The highest BCUT2D eigenvalue weighted by Crippen LogP contribution is 2.29. The van der Waals surface area contributed by atoms with Crippen LogP contribution in [0.4, 0.5) is 13.2 Å². The lowest BCUT2D eigenvalue weighted by atomic mass is 10.2. The smallest absolute Gasteiger partial charge is 0.213 e. The molecule has 1 heterocycles. The fraction of sp³-hybridized carbons (Fsp3) is 0.111. The molecule has 0 aliphatic heterocycles. The van der Waals surface area contributed by atoms with Crippen molar-refractivity contribution in [1.29, 1.82) is 0 Å². The van der Waals surface area contributed by atoms with Gasteiger partial charge in [0.1, 0.15) is 0 Å². The van der Waals surface area contributed by atoms with E-state index in [9.17, 15) is 21.6 Å². The van der Waals surface area contributed by atoms with Crippen molar-refractivity contribution >= 4 is 20.7 Å². The Kier molecular flexibility index (Phi) is 2.53. The molecule has 90 valence electrons. The van der Waals surface area contributed by atoms with Gasteiger partial charge in [0.15, 0.2) is 5.03 Å². The molecule has 0 unspecified atom stereocenters. The van der Waals surface area contributed by atoms with Gasteiger partial charge >= 0.3 is 5.51 Å². The summed E-state index contributed by atoms with van der Waals surface area (Å²) < 4.78 is 58.9. The molecular weight excluding hydrogens is 257 g/mol. The molecule has 2 rings (SSSR count). The Morgan fingerprint density at radius 2 is 1.71 bits per heavy atom. The number of benzene rings is 1. The molecule has 0 fully saturated rings. The van der Waals surface area contributed by atoms with Crippen LogP contribution in [0.15, 0.2) is 35.4 Å². The topological polar surface area (TPSA) is 59.9 Å². The molecule has 4 nitrogen and oxygen atoms in total. The first kappa shape index (κ1) is 11.8. The zero-order valence-electron chi connectivity index (χ0n) is 8.14. The first-order chi connectivity index (χ1) is 7.82. The van der Waals surface area contributed by atoms with Crippen molar-refractivity contribution in [2.45, 2.75) is 10.5 Å². The van der Waals surface area contributed by atoms with Gasteiger partial charge in [-0.2, -0.15) is 13.2 Å². The van der Waals surface area contributed by atoms with Crippen LogP contribution in [0.2, 0.25) is 0 Å². The number of nitrogens with zero attached hydrogens (tertiary/aromatic N) is 2. The third-order valence-electron chi connectivity index (χ3n) is 2.05. The molecule has 0 aliphatic carbocycles. The van der Waals surface area contributed by atoms with Crippen molar-refractivity contribution in [3.8, 4) is 0 Å². The summed E-state index contributed by atoms with van der Waals surface area (Å²) in [5, 5.41) is 5.71. The van der Waals surface area contributed by atoms with Gasteiger partial charge in [-0.3, -0.25) is 0 Å². The fourth-order valence-electron chi connectivity index (χ4n) is 1.22. The quantitative estimate of drug-likeness (QED) is 0.787. The SMILES string of the molecule is O=S(=O)(c1cc2ccccc2nn1)C(F)(F)F. The molecule has 0 saturated heterocycles. The van der Waals surface area contributed by atoms with Crippen molar-refractivity contribution in [3.63, 3.8) is 0 Å². The maximum absolute atomic E-state index is 12.3. The molecule has 0 amide bonds. The maximum atomic E-state index is 12.3. The molecule has 17 heavy (non-hydrogen) atoms. The second-order valence-corrected chi connectivity index (χ2v) is 5.08. The van der Waals surface area contributed by atoms with E-state index in [4.69, 9.17) is 0 Å². The molecular formula is C9H5F3N2O2S. The van der Waals surface area contributed by atoms with Crippen LogP contribution in [-0.2, 0) is 9.84 Å². The Hall–Kier alpha value is -1.70. The van der Waals surface area contributed by atoms with Gasteiger partial charge in [0.05, 0.1) is 5.52 Å². The summed E-state index contributed by atoms with van der Waals surface area (Å²) in [4.78, 5) is 0. The minimum Gasteiger partial charge on any atom is -0.213 e. The highest BCUT2D eigenvalue weighted by atomic mass is 32.2. The van der Waals surface area contributed by atoms with E-state index in [0.29, 0.717) is 5.52 Å². The largest absolute Gasteiger partial charge is 0.503 e. The number of fused-ring (bicyclic) bond motifs is 1. The summed E-state index contributed by atoms with van der Waals surface area (Å²) in [7, 11) is -5.44. The molecule has 0 atom stereocenters. The average Bonchev–Trinajstić information content (AvgIpc) is 2.27. The number of hydrogen-bond donors (Lipinski definition) is 0. The van der Waals surface area contributed by atoms with Crippen molar-refractivity contribution in [1.82, 2.24) is 10.2 Å². The van der Waals surface area contributed by atoms with Crippen LogP contribution in [0.5, 0.6) is 0 Å². The van der Waals surface area contributed by atoms with Gasteiger partial charge in [0, 0.05) is 5.39 Å². The number of rotatable bonds is 1. The number of hydrogen-bond acceptors (Lipinski definition) is 4. The molecule has 0 bridgehead atoms. The van der Waals surface area contributed by atoms with Gasteiger partial charge in [0.25, 0.3) is 9.84 Å². The Morgan fingerprint density at radius 3 is 2.35 bits per heavy atom. The van der Waals surface area contributed by atoms with Crippen molar-refractivity contribution in [2.75, 3.05) is 0 Å². The predicted octanol–water partition coefficient (Wildman–Crippen LogP) is 1.92. The lowest BCUT2D eigenvalue weighted by Gasteiger charge is -2.06. The summed E-state index contributed by atoms with van der Waals surface area (Å²) in [5.41, 5.74) is -5.04. The van der Waals surface area contributed by atoms with Gasteiger partial charge in [-0.05, 0) is 12.1 Å². The van der Waals surface area contributed by atoms with Crippen LogP contribution in [0, 0.1) is 0 Å². The van der Waals surface area contributed by atoms with Crippen LogP contribution in [0.3, 0.4) is 0 Å². The first-order valence-electron chi connectivity index (χ1n) is 4.36. The summed E-state index contributed by atoms with van der Waals surface area (Å²) in [6, 6.07) is 7.01. The average molecular weight is 262 g/mol. The van der Waals surface area contributed by atoms with E-state index in [1.54, 1.807) is 12.1 Å².